The normalized spacial score (nSPS) is 10.6. The summed E-state index contributed by atoms with van der Waals surface area (Å²) in [6.07, 6.45) is 6.98. The minimum atomic E-state index is 0.145. The third kappa shape index (κ3) is 4.32. The summed E-state index contributed by atoms with van der Waals surface area (Å²) in [7, 11) is 1.55. The van der Waals surface area contributed by atoms with Crippen molar-refractivity contribution in [3.8, 4) is 29.9 Å². The van der Waals surface area contributed by atoms with Crippen LogP contribution in [0, 0.1) is 23.7 Å². The number of ether oxygens (including phenoxy) is 2. The third-order valence-electron chi connectivity index (χ3n) is 3.17. The van der Waals surface area contributed by atoms with E-state index in [1.807, 2.05) is 0 Å². The lowest BCUT2D eigenvalue weighted by Gasteiger charge is -2.11. The minimum absolute atomic E-state index is 0.145. The summed E-state index contributed by atoms with van der Waals surface area (Å²) in [4.78, 5) is 0. The van der Waals surface area contributed by atoms with Crippen molar-refractivity contribution in [1.29, 1.82) is 5.26 Å². The molecule has 0 aliphatic carbocycles. The number of methoxy groups -OCH3 is 1. The highest BCUT2D eigenvalue weighted by Gasteiger charge is 2.10. The van der Waals surface area contributed by atoms with Crippen molar-refractivity contribution in [2.75, 3.05) is 13.7 Å². The van der Waals surface area contributed by atoms with Crippen LogP contribution < -0.4 is 9.47 Å². The summed E-state index contributed by atoms with van der Waals surface area (Å²) in [6.45, 7) is 0.145. The van der Waals surface area contributed by atoms with Gasteiger partial charge in [-0.3, -0.25) is 0 Å². The van der Waals surface area contributed by atoms with Gasteiger partial charge in [-0.1, -0.05) is 45.6 Å². The van der Waals surface area contributed by atoms with E-state index in [1.165, 1.54) is 0 Å². The van der Waals surface area contributed by atoms with Crippen LogP contribution in [0.5, 0.6) is 11.5 Å². The van der Waals surface area contributed by atoms with Crippen LogP contribution in [0.2, 0.25) is 5.02 Å². The van der Waals surface area contributed by atoms with E-state index in [0.717, 1.165) is 15.6 Å². The van der Waals surface area contributed by atoms with Gasteiger partial charge in [0.2, 0.25) is 0 Å². The Bertz CT molecular complexity index is 845. The Morgan fingerprint density at radius 1 is 1.29 bits per heavy atom. The van der Waals surface area contributed by atoms with Gasteiger partial charge >= 0.3 is 0 Å². The zero-order chi connectivity index (χ0) is 17.5. The van der Waals surface area contributed by atoms with Gasteiger partial charge in [0.15, 0.2) is 11.5 Å². The zero-order valence-corrected chi connectivity index (χ0v) is 15.2. The van der Waals surface area contributed by atoms with Crippen LogP contribution in [0.25, 0.3) is 11.6 Å². The van der Waals surface area contributed by atoms with Crippen LogP contribution in [0.3, 0.4) is 0 Å². The molecule has 5 heteroatoms. The Hall–Kier alpha value is -2.40. The number of nitriles is 1. The molecule has 0 N–H and O–H groups in total. The highest BCUT2D eigenvalue weighted by Crippen LogP contribution is 2.35. The van der Waals surface area contributed by atoms with E-state index >= 15 is 0 Å². The van der Waals surface area contributed by atoms with Crippen molar-refractivity contribution in [3.05, 3.63) is 57.0 Å². The maximum Gasteiger partial charge on any atom is 0.163 e. The number of halogens is 2. The number of hydrogen-bond donors (Lipinski definition) is 0. The van der Waals surface area contributed by atoms with Gasteiger partial charge in [0, 0.05) is 9.50 Å². The van der Waals surface area contributed by atoms with Crippen molar-refractivity contribution in [1.82, 2.24) is 0 Å². The number of terminal acetylenes is 1. The van der Waals surface area contributed by atoms with E-state index in [1.54, 1.807) is 49.6 Å². The van der Waals surface area contributed by atoms with E-state index in [4.69, 9.17) is 27.5 Å². The van der Waals surface area contributed by atoms with Crippen molar-refractivity contribution < 1.29 is 9.47 Å². The van der Waals surface area contributed by atoms with Gasteiger partial charge in [0.1, 0.15) is 6.61 Å². The number of allylic oxidation sites excluding steroid dienone is 1. The summed E-state index contributed by atoms with van der Waals surface area (Å²) in [6, 6.07) is 12.8. The average Bonchev–Trinajstić information content (AvgIpc) is 2.60. The van der Waals surface area contributed by atoms with Crippen molar-refractivity contribution in [3.63, 3.8) is 0 Å². The van der Waals surface area contributed by atoms with E-state index < -0.39 is 0 Å². The smallest absolute Gasteiger partial charge is 0.163 e. The standard InChI is InChI=1S/C19H13BrClNO2/c1-3-8-24-19-11-17(20)14(10-18(19)23-2)9-15(12-22)13-4-6-16(21)7-5-13/h1,4-7,9-11H,8H2,2H3/b15-9-. The fourth-order valence-electron chi connectivity index (χ4n) is 2.02. The molecule has 0 amide bonds. The minimum Gasteiger partial charge on any atom is -0.493 e. The van der Waals surface area contributed by atoms with Gasteiger partial charge in [-0.25, -0.2) is 0 Å². The molecular weight excluding hydrogens is 390 g/mol. The lowest BCUT2D eigenvalue weighted by Crippen LogP contribution is -1.97. The van der Waals surface area contributed by atoms with Gasteiger partial charge < -0.3 is 9.47 Å². The summed E-state index contributed by atoms with van der Waals surface area (Å²) in [5.41, 5.74) is 2.07. The van der Waals surface area contributed by atoms with Gasteiger partial charge in [-0.2, -0.15) is 5.26 Å². The molecule has 0 heterocycles. The first kappa shape index (κ1) is 17.9. The van der Waals surface area contributed by atoms with E-state index in [2.05, 4.69) is 27.9 Å². The van der Waals surface area contributed by atoms with Crippen molar-refractivity contribution >= 4 is 39.2 Å². The topological polar surface area (TPSA) is 42.2 Å². The van der Waals surface area contributed by atoms with Gasteiger partial charge in [-0.15, -0.1) is 6.42 Å². The number of nitrogens with zero attached hydrogens (tertiary/aromatic N) is 1. The summed E-state index contributed by atoms with van der Waals surface area (Å²) < 4.78 is 11.5. The van der Waals surface area contributed by atoms with Crippen molar-refractivity contribution in [2.45, 2.75) is 0 Å². The summed E-state index contributed by atoms with van der Waals surface area (Å²) >= 11 is 9.37. The molecule has 3 nitrogen and oxygen atoms in total. The van der Waals surface area contributed by atoms with Crippen molar-refractivity contribution in [2.24, 2.45) is 0 Å². The molecule has 0 aromatic heterocycles. The molecule has 0 aliphatic rings. The van der Waals surface area contributed by atoms with Gasteiger partial charge in [0.25, 0.3) is 0 Å². The molecule has 0 aliphatic heterocycles. The zero-order valence-electron chi connectivity index (χ0n) is 12.8. The lowest BCUT2D eigenvalue weighted by atomic mass is 10.0. The first-order chi connectivity index (χ1) is 11.6. The Balaban J connectivity index is 2.45. The predicted octanol–water partition coefficient (Wildman–Crippen LogP) is 5.19. The number of hydrogen-bond acceptors (Lipinski definition) is 3. The molecule has 120 valence electrons. The van der Waals surface area contributed by atoms with E-state index in [9.17, 15) is 5.26 Å². The molecule has 2 aromatic rings. The molecule has 2 aromatic carbocycles. The molecule has 0 unspecified atom stereocenters. The molecule has 2 rings (SSSR count). The van der Waals surface area contributed by atoms with E-state index in [-0.39, 0.29) is 6.61 Å². The largest absolute Gasteiger partial charge is 0.493 e. The second kappa shape index (κ2) is 8.45. The molecule has 0 radical (unpaired) electrons. The maximum absolute atomic E-state index is 9.45. The molecule has 0 spiro atoms. The number of rotatable bonds is 5. The van der Waals surface area contributed by atoms with Gasteiger partial charge in [-0.05, 0) is 41.5 Å². The third-order valence-corrected chi connectivity index (χ3v) is 4.11. The summed E-state index contributed by atoms with van der Waals surface area (Å²) in [5, 5.41) is 10.1. The highest BCUT2D eigenvalue weighted by molar-refractivity contribution is 9.10. The highest BCUT2D eigenvalue weighted by atomic mass is 79.9. The summed E-state index contributed by atoms with van der Waals surface area (Å²) in [5.74, 6) is 3.48. The Morgan fingerprint density at radius 3 is 2.58 bits per heavy atom. The Morgan fingerprint density at radius 2 is 2.00 bits per heavy atom. The first-order valence-electron chi connectivity index (χ1n) is 6.90. The quantitative estimate of drug-likeness (QED) is 0.393. The predicted molar refractivity (Wildman–Crippen MR) is 100.0 cm³/mol. The lowest BCUT2D eigenvalue weighted by molar-refractivity contribution is 0.330. The Kier molecular flexibility index (Phi) is 6.32. The molecule has 0 saturated carbocycles. The first-order valence-corrected chi connectivity index (χ1v) is 8.07. The fraction of sp³-hybridized carbons (Fsp3) is 0.105. The van der Waals surface area contributed by atoms with E-state index in [0.29, 0.717) is 22.1 Å². The average molecular weight is 403 g/mol. The molecule has 0 fully saturated rings. The van der Waals surface area contributed by atoms with Crippen LogP contribution in [0.15, 0.2) is 40.9 Å². The SMILES string of the molecule is C#CCOc1cc(Br)c(/C=C(/C#N)c2ccc(Cl)cc2)cc1OC. The molecule has 0 bridgehead atoms. The van der Waals surface area contributed by atoms with Crippen LogP contribution in [-0.2, 0) is 0 Å². The second-order valence-corrected chi connectivity index (χ2v) is 5.98. The Labute approximate surface area is 154 Å². The molecule has 0 atom stereocenters. The molecular formula is C19H13BrClNO2. The number of benzene rings is 2. The fourth-order valence-corrected chi connectivity index (χ4v) is 2.58. The second-order valence-electron chi connectivity index (χ2n) is 4.69. The molecule has 0 saturated heterocycles. The molecule has 24 heavy (non-hydrogen) atoms. The maximum atomic E-state index is 9.45. The monoisotopic (exact) mass is 401 g/mol. The van der Waals surface area contributed by atoms with Crippen LogP contribution in [0.1, 0.15) is 11.1 Å². The van der Waals surface area contributed by atoms with Crippen LogP contribution >= 0.6 is 27.5 Å². The van der Waals surface area contributed by atoms with Crippen LogP contribution in [0.4, 0.5) is 0 Å². The van der Waals surface area contributed by atoms with Crippen LogP contribution in [-0.4, -0.2) is 13.7 Å². The van der Waals surface area contributed by atoms with Gasteiger partial charge in [0.05, 0.1) is 18.8 Å².